The van der Waals surface area contributed by atoms with E-state index in [9.17, 15) is 4.79 Å². The van der Waals surface area contributed by atoms with Gasteiger partial charge < -0.3 is 9.64 Å². The lowest BCUT2D eigenvalue weighted by atomic mass is 10.1. The molecule has 4 aromatic carbocycles. The summed E-state index contributed by atoms with van der Waals surface area (Å²) in [5, 5.41) is 5.42. The third-order valence-electron chi connectivity index (χ3n) is 6.36. The molecule has 0 aliphatic carbocycles. The summed E-state index contributed by atoms with van der Waals surface area (Å²) in [6.45, 7) is 1.05. The fourth-order valence-corrected chi connectivity index (χ4v) is 4.57. The quantitative estimate of drug-likeness (QED) is 0.208. The highest BCUT2D eigenvalue weighted by atomic mass is 35.5. The molecule has 0 saturated carbocycles. The van der Waals surface area contributed by atoms with E-state index in [0.29, 0.717) is 29.5 Å². The molecule has 0 aliphatic heterocycles. The molecule has 0 N–H and O–H groups in total. The number of nitrogens with zero attached hydrogens (tertiary/aromatic N) is 3. The Morgan fingerprint density at radius 1 is 0.842 bits per heavy atom. The van der Waals surface area contributed by atoms with Crippen LogP contribution in [0.5, 0.6) is 5.75 Å². The van der Waals surface area contributed by atoms with E-state index >= 15 is 0 Å². The van der Waals surface area contributed by atoms with E-state index in [-0.39, 0.29) is 5.91 Å². The standard InChI is InChI=1S/C32H28ClN3O2/c1-38-29-17-8-14-26(20-29)30-22-31(36(34-30)28-16-9-15-27(33)21-28)32(37)35(23-25-12-6-3-7-13-25)19-18-24-10-4-2-5-11-24/h2-17,20-22H,18-19,23H2,1H3. The highest BCUT2D eigenvalue weighted by Crippen LogP contribution is 2.27. The molecular weight excluding hydrogens is 494 g/mol. The van der Waals surface area contributed by atoms with Crippen LogP contribution < -0.4 is 4.74 Å². The largest absolute Gasteiger partial charge is 0.497 e. The van der Waals surface area contributed by atoms with Gasteiger partial charge in [-0.3, -0.25) is 4.79 Å². The molecule has 5 aromatic rings. The van der Waals surface area contributed by atoms with Gasteiger partial charge in [-0.1, -0.05) is 90.5 Å². The minimum Gasteiger partial charge on any atom is -0.497 e. The van der Waals surface area contributed by atoms with Crippen molar-refractivity contribution in [2.75, 3.05) is 13.7 Å². The fourth-order valence-electron chi connectivity index (χ4n) is 4.39. The fraction of sp³-hybridized carbons (Fsp3) is 0.125. The third-order valence-corrected chi connectivity index (χ3v) is 6.60. The molecule has 5 rings (SSSR count). The Labute approximate surface area is 227 Å². The summed E-state index contributed by atoms with van der Waals surface area (Å²) in [6, 6.07) is 37.1. The van der Waals surface area contributed by atoms with Crippen LogP contribution in [0.1, 0.15) is 21.6 Å². The van der Waals surface area contributed by atoms with Gasteiger partial charge in [-0.05, 0) is 53.9 Å². The molecule has 0 unspecified atom stereocenters. The Morgan fingerprint density at radius 2 is 1.55 bits per heavy atom. The second kappa shape index (κ2) is 11.8. The summed E-state index contributed by atoms with van der Waals surface area (Å²) in [6.07, 6.45) is 0.744. The maximum Gasteiger partial charge on any atom is 0.272 e. The Kier molecular flexibility index (Phi) is 7.86. The van der Waals surface area contributed by atoms with E-state index in [4.69, 9.17) is 21.4 Å². The van der Waals surface area contributed by atoms with Crippen LogP contribution in [-0.4, -0.2) is 34.2 Å². The number of carbonyl (C=O) groups is 1. The number of halogens is 1. The Bertz CT molecular complexity index is 1520. The molecular formula is C32H28ClN3O2. The summed E-state index contributed by atoms with van der Waals surface area (Å²) in [5.74, 6) is 0.618. The number of ether oxygens (including phenoxy) is 1. The van der Waals surface area contributed by atoms with Crippen molar-refractivity contribution in [3.05, 3.63) is 137 Å². The van der Waals surface area contributed by atoms with E-state index < -0.39 is 0 Å². The zero-order chi connectivity index (χ0) is 26.3. The number of amides is 1. The first-order chi connectivity index (χ1) is 18.6. The van der Waals surface area contributed by atoms with Crippen LogP contribution in [0.3, 0.4) is 0 Å². The van der Waals surface area contributed by atoms with Crippen LogP contribution in [0.25, 0.3) is 16.9 Å². The molecule has 6 heteroatoms. The second-order valence-electron chi connectivity index (χ2n) is 8.99. The number of hydrogen-bond donors (Lipinski definition) is 0. The van der Waals surface area contributed by atoms with Gasteiger partial charge in [-0.2, -0.15) is 5.10 Å². The Hall–Kier alpha value is -4.35. The van der Waals surface area contributed by atoms with Crippen LogP contribution in [0.2, 0.25) is 5.02 Å². The average Bonchev–Trinajstić information content (AvgIpc) is 3.42. The minimum absolute atomic E-state index is 0.105. The second-order valence-corrected chi connectivity index (χ2v) is 9.42. The monoisotopic (exact) mass is 521 g/mol. The predicted molar refractivity (Wildman–Crippen MR) is 152 cm³/mol. The molecule has 1 heterocycles. The zero-order valence-corrected chi connectivity index (χ0v) is 21.9. The number of aromatic nitrogens is 2. The smallest absolute Gasteiger partial charge is 0.272 e. The Morgan fingerprint density at radius 3 is 2.26 bits per heavy atom. The van der Waals surface area contributed by atoms with Gasteiger partial charge in [0.1, 0.15) is 11.4 Å². The summed E-state index contributed by atoms with van der Waals surface area (Å²) in [7, 11) is 1.63. The number of rotatable bonds is 9. The van der Waals surface area contributed by atoms with Gasteiger partial charge in [0.2, 0.25) is 0 Å². The lowest BCUT2D eigenvalue weighted by Gasteiger charge is -2.23. The molecule has 0 bridgehead atoms. The van der Waals surface area contributed by atoms with Crippen molar-refractivity contribution in [3.8, 4) is 22.7 Å². The van der Waals surface area contributed by atoms with E-state index in [1.165, 1.54) is 5.56 Å². The van der Waals surface area contributed by atoms with E-state index in [0.717, 1.165) is 29.0 Å². The van der Waals surface area contributed by atoms with Gasteiger partial charge in [0.05, 0.1) is 18.5 Å². The normalized spacial score (nSPS) is 10.8. The number of hydrogen-bond acceptors (Lipinski definition) is 3. The van der Waals surface area contributed by atoms with Crippen molar-refractivity contribution in [2.24, 2.45) is 0 Å². The topological polar surface area (TPSA) is 47.4 Å². The zero-order valence-electron chi connectivity index (χ0n) is 21.1. The molecule has 0 aliphatic rings. The predicted octanol–water partition coefficient (Wildman–Crippen LogP) is 7.09. The molecule has 0 spiro atoms. The molecule has 1 aromatic heterocycles. The van der Waals surface area contributed by atoms with Crippen molar-refractivity contribution in [2.45, 2.75) is 13.0 Å². The highest BCUT2D eigenvalue weighted by molar-refractivity contribution is 6.30. The Balaban J connectivity index is 1.55. The molecule has 0 radical (unpaired) electrons. The van der Waals surface area contributed by atoms with Gasteiger partial charge in [0.15, 0.2) is 0 Å². The average molecular weight is 522 g/mol. The molecule has 0 saturated heterocycles. The number of methoxy groups -OCH3 is 1. The molecule has 1 amide bonds. The minimum atomic E-state index is -0.105. The SMILES string of the molecule is COc1cccc(-c2cc(C(=O)N(CCc3ccccc3)Cc3ccccc3)n(-c3cccc(Cl)c3)n2)c1. The van der Waals surface area contributed by atoms with Gasteiger partial charge >= 0.3 is 0 Å². The number of carbonyl (C=O) groups excluding carboxylic acids is 1. The summed E-state index contributed by atoms with van der Waals surface area (Å²) in [4.78, 5) is 16.1. The lowest BCUT2D eigenvalue weighted by Crippen LogP contribution is -2.34. The van der Waals surface area contributed by atoms with Crippen molar-refractivity contribution in [1.82, 2.24) is 14.7 Å². The molecule has 190 valence electrons. The first-order valence-electron chi connectivity index (χ1n) is 12.5. The first-order valence-corrected chi connectivity index (χ1v) is 12.9. The van der Waals surface area contributed by atoms with Crippen molar-refractivity contribution in [3.63, 3.8) is 0 Å². The van der Waals surface area contributed by atoms with Crippen molar-refractivity contribution < 1.29 is 9.53 Å². The molecule has 0 fully saturated rings. The maximum absolute atomic E-state index is 14.2. The van der Waals surface area contributed by atoms with Crippen LogP contribution in [0, 0.1) is 0 Å². The number of benzene rings is 4. The van der Waals surface area contributed by atoms with Gasteiger partial charge in [0.25, 0.3) is 5.91 Å². The summed E-state index contributed by atoms with van der Waals surface area (Å²) < 4.78 is 7.10. The summed E-state index contributed by atoms with van der Waals surface area (Å²) in [5.41, 5.74) is 4.97. The molecule has 0 atom stereocenters. The molecule has 38 heavy (non-hydrogen) atoms. The van der Waals surface area contributed by atoms with Gasteiger partial charge in [-0.25, -0.2) is 4.68 Å². The van der Waals surface area contributed by atoms with Crippen LogP contribution >= 0.6 is 11.6 Å². The molecule has 5 nitrogen and oxygen atoms in total. The summed E-state index contributed by atoms with van der Waals surface area (Å²) >= 11 is 6.32. The van der Waals surface area contributed by atoms with Gasteiger partial charge in [-0.15, -0.1) is 0 Å². The highest BCUT2D eigenvalue weighted by Gasteiger charge is 2.23. The lowest BCUT2D eigenvalue weighted by molar-refractivity contribution is 0.0736. The van der Waals surface area contributed by atoms with Crippen molar-refractivity contribution in [1.29, 1.82) is 0 Å². The first kappa shape index (κ1) is 25.3. The van der Waals surface area contributed by atoms with Crippen LogP contribution in [-0.2, 0) is 13.0 Å². The van der Waals surface area contributed by atoms with E-state index in [1.807, 2.05) is 102 Å². The van der Waals surface area contributed by atoms with E-state index in [1.54, 1.807) is 17.9 Å². The van der Waals surface area contributed by atoms with Crippen LogP contribution in [0.15, 0.2) is 115 Å². The van der Waals surface area contributed by atoms with Gasteiger partial charge in [0, 0.05) is 23.7 Å². The van der Waals surface area contributed by atoms with Crippen molar-refractivity contribution >= 4 is 17.5 Å². The third kappa shape index (κ3) is 5.96. The van der Waals surface area contributed by atoms with E-state index in [2.05, 4.69) is 12.1 Å². The maximum atomic E-state index is 14.2. The van der Waals surface area contributed by atoms with Crippen LogP contribution in [0.4, 0.5) is 0 Å².